The van der Waals surface area contributed by atoms with E-state index in [9.17, 15) is 0 Å². The first-order chi connectivity index (χ1) is 12.6. The Balaban J connectivity index is 1.66. The number of nitrogens with zero attached hydrogens (tertiary/aromatic N) is 4. The molecular weight excluding hydrogens is 346 g/mol. The van der Waals surface area contributed by atoms with E-state index in [-0.39, 0.29) is 0 Å². The smallest absolute Gasteiger partial charge is 0.168 e. The Morgan fingerprint density at radius 1 is 1.00 bits per heavy atom. The van der Waals surface area contributed by atoms with Crippen LogP contribution in [0.3, 0.4) is 0 Å². The standard InChI is InChI=1S/C20H18ClN5/c1-13-3-8-17(9-14(13)2)26-20-18(11-25-26)19(23-12-24-20)22-10-15-4-6-16(21)7-5-15/h3-9,11-12H,10H2,1-2H3,(H,22,23,24). The molecular formula is C20H18ClN5. The van der Waals surface area contributed by atoms with Crippen LogP contribution in [0.25, 0.3) is 16.7 Å². The molecule has 130 valence electrons. The van der Waals surface area contributed by atoms with E-state index in [1.54, 1.807) is 12.5 Å². The Morgan fingerprint density at radius 3 is 2.58 bits per heavy atom. The van der Waals surface area contributed by atoms with Gasteiger partial charge in [-0.05, 0) is 54.8 Å². The van der Waals surface area contributed by atoms with Crippen LogP contribution in [0.2, 0.25) is 5.02 Å². The molecule has 0 unspecified atom stereocenters. The van der Waals surface area contributed by atoms with Crippen molar-refractivity contribution in [3.63, 3.8) is 0 Å². The van der Waals surface area contributed by atoms with Crippen molar-refractivity contribution in [3.8, 4) is 5.69 Å². The zero-order valence-electron chi connectivity index (χ0n) is 14.6. The van der Waals surface area contributed by atoms with Gasteiger partial charge in [-0.25, -0.2) is 14.6 Å². The lowest BCUT2D eigenvalue weighted by Gasteiger charge is -2.08. The molecule has 6 heteroatoms. The van der Waals surface area contributed by atoms with E-state index in [0.29, 0.717) is 6.54 Å². The van der Waals surface area contributed by atoms with Gasteiger partial charge < -0.3 is 5.32 Å². The van der Waals surface area contributed by atoms with Crippen LogP contribution >= 0.6 is 11.6 Å². The van der Waals surface area contributed by atoms with Gasteiger partial charge in [0.2, 0.25) is 0 Å². The molecule has 0 fully saturated rings. The van der Waals surface area contributed by atoms with E-state index in [4.69, 9.17) is 11.6 Å². The average molecular weight is 364 g/mol. The van der Waals surface area contributed by atoms with Gasteiger partial charge in [-0.1, -0.05) is 29.8 Å². The minimum Gasteiger partial charge on any atom is -0.365 e. The van der Waals surface area contributed by atoms with E-state index in [1.807, 2.05) is 28.9 Å². The number of nitrogens with one attached hydrogen (secondary N) is 1. The van der Waals surface area contributed by atoms with Crippen molar-refractivity contribution in [3.05, 3.63) is 76.7 Å². The fourth-order valence-corrected chi connectivity index (χ4v) is 2.95. The molecule has 0 spiro atoms. The monoisotopic (exact) mass is 363 g/mol. The molecule has 4 rings (SSSR count). The summed E-state index contributed by atoms with van der Waals surface area (Å²) in [6.07, 6.45) is 3.36. The highest BCUT2D eigenvalue weighted by molar-refractivity contribution is 6.30. The molecule has 2 aromatic heterocycles. The third kappa shape index (κ3) is 3.13. The van der Waals surface area contributed by atoms with Gasteiger partial charge in [-0.3, -0.25) is 0 Å². The maximum Gasteiger partial charge on any atom is 0.168 e. The number of halogens is 1. The van der Waals surface area contributed by atoms with Gasteiger partial charge in [0.05, 0.1) is 17.3 Å². The first-order valence-electron chi connectivity index (χ1n) is 8.36. The zero-order valence-corrected chi connectivity index (χ0v) is 15.3. The summed E-state index contributed by atoms with van der Waals surface area (Å²) in [5.74, 6) is 0.764. The van der Waals surface area contributed by atoms with Crippen molar-refractivity contribution in [2.45, 2.75) is 20.4 Å². The third-order valence-electron chi connectivity index (χ3n) is 4.47. The highest BCUT2D eigenvalue weighted by Gasteiger charge is 2.11. The number of benzene rings is 2. The van der Waals surface area contributed by atoms with E-state index in [0.717, 1.165) is 33.1 Å². The topological polar surface area (TPSA) is 55.6 Å². The second-order valence-corrected chi connectivity index (χ2v) is 6.70. The second kappa shape index (κ2) is 6.77. The fraction of sp³-hybridized carbons (Fsp3) is 0.150. The lowest BCUT2D eigenvalue weighted by atomic mass is 10.1. The number of rotatable bonds is 4. The number of aryl methyl sites for hydroxylation is 2. The maximum absolute atomic E-state index is 5.94. The van der Waals surface area contributed by atoms with Gasteiger partial charge in [0.25, 0.3) is 0 Å². The molecule has 0 aliphatic rings. The van der Waals surface area contributed by atoms with Crippen LogP contribution in [0.4, 0.5) is 5.82 Å². The van der Waals surface area contributed by atoms with Crippen LogP contribution in [0.5, 0.6) is 0 Å². The number of hydrogen-bond donors (Lipinski definition) is 1. The molecule has 1 N–H and O–H groups in total. The Labute approximate surface area is 156 Å². The van der Waals surface area contributed by atoms with Gasteiger partial charge in [0.15, 0.2) is 5.65 Å². The predicted molar refractivity (Wildman–Crippen MR) is 105 cm³/mol. The van der Waals surface area contributed by atoms with Crippen molar-refractivity contribution in [2.75, 3.05) is 5.32 Å². The number of hydrogen-bond acceptors (Lipinski definition) is 4. The van der Waals surface area contributed by atoms with E-state index in [2.05, 4.69) is 52.4 Å². The number of anilines is 1. The second-order valence-electron chi connectivity index (χ2n) is 6.26. The number of fused-ring (bicyclic) bond motifs is 1. The molecule has 0 saturated carbocycles. The molecule has 0 atom stereocenters. The highest BCUT2D eigenvalue weighted by Crippen LogP contribution is 2.23. The lowest BCUT2D eigenvalue weighted by Crippen LogP contribution is -2.03. The van der Waals surface area contributed by atoms with Crippen LogP contribution in [0, 0.1) is 13.8 Å². The molecule has 0 amide bonds. The molecule has 2 aromatic carbocycles. The molecule has 4 aromatic rings. The maximum atomic E-state index is 5.94. The van der Waals surface area contributed by atoms with E-state index in [1.165, 1.54) is 11.1 Å². The third-order valence-corrected chi connectivity index (χ3v) is 4.73. The van der Waals surface area contributed by atoms with Gasteiger partial charge in [-0.15, -0.1) is 0 Å². The Hall–Kier alpha value is -2.92. The van der Waals surface area contributed by atoms with Gasteiger partial charge in [0.1, 0.15) is 12.1 Å². The quantitative estimate of drug-likeness (QED) is 0.571. The Bertz CT molecular complexity index is 1070. The molecule has 0 saturated heterocycles. The summed E-state index contributed by atoms with van der Waals surface area (Å²) < 4.78 is 1.84. The minimum atomic E-state index is 0.651. The first-order valence-corrected chi connectivity index (χ1v) is 8.74. The lowest BCUT2D eigenvalue weighted by molar-refractivity contribution is 0.892. The highest BCUT2D eigenvalue weighted by atomic mass is 35.5. The molecule has 0 aliphatic carbocycles. The molecule has 2 heterocycles. The van der Waals surface area contributed by atoms with Crippen molar-refractivity contribution in [2.24, 2.45) is 0 Å². The molecule has 5 nitrogen and oxygen atoms in total. The SMILES string of the molecule is Cc1ccc(-n2ncc3c(NCc4ccc(Cl)cc4)ncnc32)cc1C. The van der Waals surface area contributed by atoms with Crippen molar-refractivity contribution in [1.29, 1.82) is 0 Å². The fourth-order valence-electron chi connectivity index (χ4n) is 2.82. The van der Waals surface area contributed by atoms with E-state index >= 15 is 0 Å². The number of aromatic nitrogens is 4. The van der Waals surface area contributed by atoms with Crippen molar-refractivity contribution in [1.82, 2.24) is 19.7 Å². The molecule has 0 aliphatic heterocycles. The summed E-state index contributed by atoms with van der Waals surface area (Å²) in [5, 5.41) is 9.50. The molecule has 0 bridgehead atoms. The van der Waals surface area contributed by atoms with Crippen LogP contribution in [0.1, 0.15) is 16.7 Å². The predicted octanol–water partition coefficient (Wildman–Crippen LogP) is 4.70. The van der Waals surface area contributed by atoms with Crippen LogP contribution < -0.4 is 5.32 Å². The molecule has 26 heavy (non-hydrogen) atoms. The van der Waals surface area contributed by atoms with Gasteiger partial charge in [0, 0.05) is 11.6 Å². The largest absolute Gasteiger partial charge is 0.365 e. The summed E-state index contributed by atoms with van der Waals surface area (Å²) >= 11 is 5.94. The minimum absolute atomic E-state index is 0.651. The van der Waals surface area contributed by atoms with Crippen molar-refractivity contribution < 1.29 is 0 Å². The first kappa shape index (κ1) is 16.5. The summed E-state index contributed by atoms with van der Waals surface area (Å²) in [6.45, 7) is 4.85. The Morgan fingerprint density at radius 2 is 1.81 bits per heavy atom. The Kier molecular flexibility index (Phi) is 4.31. The van der Waals surface area contributed by atoms with Crippen LogP contribution in [-0.2, 0) is 6.54 Å². The zero-order chi connectivity index (χ0) is 18.1. The van der Waals surface area contributed by atoms with Gasteiger partial charge in [-0.2, -0.15) is 5.10 Å². The summed E-state index contributed by atoms with van der Waals surface area (Å²) in [5.41, 5.74) is 5.38. The van der Waals surface area contributed by atoms with Crippen molar-refractivity contribution >= 4 is 28.5 Å². The van der Waals surface area contributed by atoms with Crippen LogP contribution in [0.15, 0.2) is 55.0 Å². The van der Waals surface area contributed by atoms with Crippen LogP contribution in [-0.4, -0.2) is 19.7 Å². The normalized spacial score (nSPS) is 11.0. The van der Waals surface area contributed by atoms with Gasteiger partial charge >= 0.3 is 0 Å². The van der Waals surface area contributed by atoms with E-state index < -0.39 is 0 Å². The molecule has 0 radical (unpaired) electrons. The summed E-state index contributed by atoms with van der Waals surface area (Å²) in [4.78, 5) is 8.81. The summed E-state index contributed by atoms with van der Waals surface area (Å²) in [7, 11) is 0. The summed E-state index contributed by atoms with van der Waals surface area (Å²) in [6, 6.07) is 14.0. The average Bonchev–Trinajstić information content (AvgIpc) is 3.08.